The first kappa shape index (κ1) is 12.1. The number of nitrogens with zero attached hydrogens (tertiary/aromatic N) is 5. The number of hydrogen-bond acceptors (Lipinski definition) is 6. The molecule has 0 spiro atoms. The van der Waals surface area contributed by atoms with Gasteiger partial charge < -0.3 is 8.83 Å². The van der Waals surface area contributed by atoms with Gasteiger partial charge in [0.15, 0.2) is 5.76 Å². The average molecular weight is 324 g/mol. The maximum Gasteiger partial charge on any atom is 0.283 e. The van der Waals surface area contributed by atoms with Gasteiger partial charge in [-0.2, -0.15) is 0 Å². The first-order valence-corrected chi connectivity index (χ1v) is 6.54. The van der Waals surface area contributed by atoms with Gasteiger partial charge in [-0.1, -0.05) is 21.1 Å². The molecule has 0 amide bonds. The fraction of sp³-hybridized carbons (Fsp3) is 0.273. The summed E-state index contributed by atoms with van der Waals surface area (Å²) in [5, 5.41) is 15.9. The van der Waals surface area contributed by atoms with E-state index in [4.69, 9.17) is 8.83 Å². The smallest absolute Gasteiger partial charge is 0.283 e. The van der Waals surface area contributed by atoms with Crippen molar-refractivity contribution in [1.82, 2.24) is 25.2 Å². The van der Waals surface area contributed by atoms with Gasteiger partial charge in [-0.05, 0) is 19.1 Å². The second-order valence-corrected chi connectivity index (χ2v) is 5.31. The highest BCUT2D eigenvalue weighted by Crippen LogP contribution is 2.20. The Labute approximate surface area is 116 Å². The first-order valence-electron chi connectivity index (χ1n) is 5.63. The van der Waals surface area contributed by atoms with E-state index in [9.17, 15) is 0 Å². The van der Waals surface area contributed by atoms with Crippen LogP contribution in [0.2, 0.25) is 0 Å². The van der Waals surface area contributed by atoms with Gasteiger partial charge in [0.25, 0.3) is 5.89 Å². The van der Waals surface area contributed by atoms with Crippen LogP contribution in [0.3, 0.4) is 0 Å². The zero-order valence-corrected chi connectivity index (χ0v) is 11.6. The minimum atomic E-state index is 0.155. The predicted octanol–water partition coefficient (Wildman–Crippen LogP) is 2.43. The number of alkyl halides is 1. The van der Waals surface area contributed by atoms with Gasteiger partial charge in [0.2, 0.25) is 5.89 Å². The van der Waals surface area contributed by atoms with Crippen molar-refractivity contribution in [2.45, 2.75) is 18.3 Å². The van der Waals surface area contributed by atoms with E-state index in [-0.39, 0.29) is 4.83 Å². The number of hydrogen-bond donors (Lipinski definition) is 0. The Kier molecular flexibility index (Phi) is 3.16. The number of aromatic nitrogens is 5. The van der Waals surface area contributed by atoms with Crippen LogP contribution >= 0.6 is 15.9 Å². The van der Waals surface area contributed by atoms with Crippen molar-refractivity contribution in [3.8, 4) is 11.7 Å². The van der Waals surface area contributed by atoms with Crippen molar-refractivity contribution in [2.24, 2.45) is 0 Å². The molecule has 3 aromatic rings. The molecular weight excluding hydrogens is 314 g/mol. The van der Waals surface area contributed by atoms with E-state index in [1.54, 1.807) is 23.1 Å². The molecular formula is C11H10BrN5O2. The molecule has 0 fully saturated rings. The van der Waals surface area contributed by atoms with E-state index >= 15 is 0 Å². The van der Waals surface area contributed by atoms with Crippen molar-refractivity contribution in [3.05, 3.63) is 36.2 Å². The lowest BCUT2D eigenvalue weighted by molar-refractivity contribution is 0.454. The van der Waals surface area contributed by atoms with E-state index in [1.807, 2.05) is 13.1 Å². The molecule has 0 aliphatic heterocycles. The molecule has 0 aromatic carbocycles. The number of halogens is 1. The summed E-state index contributed by atoms with van der Waals surface area (Å²) in [6.45, 7) is 2.36. The molecule has 3 rings (SSSR count). The Morgan fingerprint density at radius 2 is 2.26 bits per heavy atom. The summed E-state index contributed by atoms with van der Waals surface area (Å²) in [6.07, 6.45) is 3.39. The van der Waals surface area contributed by atoms with E-state index in [2.05, 4.69) is 36.4 Å². The van der Waals surface area contributed by atoms with Crippen LogP contribution in [0.4, 0.5) is 0 Å². The fourth-order valence-corrected chi connectivity index (χ4v) is 1.74. The Bertz CT molecular complexity index is 658. The molecule has 0 saturated heterocycles. The summed E-state index contributed by atoms with van der Waals surface area (Å²) < 4.78 is 12.3. The van der Waals surface area contributed by atoms with Gasteiger partial charge in [0, 0.05) is 0 Å². The van der Waals surface area contributed by atoms with Crippen molar-refractivity contribution in [2.75, 3.05) is 0 Å². The van der Waals surface area contributed by atoms with Crippen LogP contribution in [0, 0.1) is 0 Å². The highest BCUT2D eigenvalue weighted by Gasteiger charge is 2.12. The molecule has 1 atom stereocenters. The van der Waals surface area contributed by atoms with Crippen molar-refractivity contribution in [1.29, 1.82) is 0 Å². The molecule has 0 aliphatic rings. The molecule has 0 radical (unpaired) electrons. The highest BCUT2D eigenvalue weighted by atomic mass is 79.9. The largest absolute Gasteiger partial charge is 0.459 e. The van der Waals surface area contributed by atoms with Crippen LogP contribution in [0.1, 0.15) is 23.3 Å². The SMILES string of the molecule is CC(Br)c1cn(Cc2nnc(-c3ccco3)o2)nn1. The Hall–Kier alpha value is -1.96. The molecule has 19 heavy (non-hydrogen) atoms. The molecule has 0 saturated carbocycles. The van der Waals surface area contributed by atoms with E-state index in [1.165, 1.54) is 0 Å². The third-order valence-electron chi connectivity index (χ3n) is 2.46. The zero-order valence-electron chi connectivity index (χ0n) is 10.0. The predicted molar refractivity (Wildman–Crippen MR) is 68.5 cm³/mol. The van der Waals surface area contributed by atoms with Gasteiger partial charge in [-0.25, -0.2) is 4.68 Å². The van der Waals surface area contributed by atoms with Crippen LogP contribution in [0.15, 0.2) is 33.4 Å². The monoisotopic (exact) mass is 323 g/mol. The van der Waals surface area contributed by atoms with Gasteiger partial charge in [0.05, 0.1) is 23.0 Å². The van der Waals surface area contributed by atoms with E-state index in [0.717, 1.165) is 5.69 Å². The average Bonchev–Trinajstić information content (AvgIpc) is 3.09. The summed E-state index contributed by atoms with van der Waals surface area (Å²) in [5.74, 6) is 1.35. The maximum atomic E-state index is 5.49. The van der Waals surface area contributed by atoms with Gasteiger partial charge in [-0.3, -0.25) is 0 Å². The van der Waals surface area contributed by atoms with Crippen molar-refractivity contribution >= 4 is 15.9 Å². The van der Waals surface area contributed by atoms with Crippen LogP contribution in [0.25, 0.3) is 11.7 Å². The van der Waals surface area contributed by atoms with Crippen LogP contribution < -0.4 is 0 Å². The van der Waals surface area contributed by atoms with Gasteiger partial charge in [-0.15, -0.1) is 15.3 Å². The molecule has 7 nitrogen and oxygen atoms in total. The lowest BCUT2D eigenvalue weighted by Gasteiger charge is -1.94. The Balaban J connectivity index is 1.76. The van der Waals surface area contributed by atoms with Crippen LogP contribution in [-0.4, -0.2) is 25.2 Å². The molecule has 3 aromatic heterocycles. The lowest BCUT2D eigenvalue weighted by Crippen LogP contribution is -2.00. The molecule has 3 heterocycles. The summed E-state index contributed by atoms with van der Waals surface area (Å²) in [4.78, 5) is 0.155. The highest BCUT2D eigenvalue weighted by molar-refractivity contribution is 9.09. The third kappa shape index (κ3) is 2.58. The van der Waals surface area contributed by atoms with E-state index in [0.29, 0.717) is 24.1 Å². The second kappa shape index (κ2) is 4.96. The lowest BCUT2D eigenvalue weighted by atomic mass is 10.4. The van der Waals surface area contributed by atoms with Crippen LogP contribution in [-0.2, 0) is 6.54 Å². The standard InChI is InChI=1S/C11H10BrN5O2/c1-7(12)8-5-17(16-13-8)6-10-14-15-11(19-10)9-3-2-4-18-9/h2-5,7H,6H2,1H3. The Morgan fingerprint density at radius 3 is 2.95 bits per heavy atom. The molecule has 1 unspecified atom stereocenters. The quantitative estimate of drug-likeness (QED) is 0.686. The summed E-state index contributed by atoms with van der Waals surface area (Å²) >= 11 is 3.43. The fourth-order valence-electron chi connectivity index (χ4n) is 1.53. The Morgan fingerprint density at radius 1 is 1.37 bits per heavy atom. The zero-order chi connectivity index (χ0) is 13.2. The topological polar surface area (TPSA) is 82.8 Å². The molecule has 0 N–H and O–H groups in total. The summed E-state index contributed by atoms with van der Waals surface area (Å²) in [6, 6.07) is 3.53. The maximum absolute atomic E-state index is 5.49. The molecule has 0 aliphatic carbocycles. The molecule has 98 valence electrons. The van der Waals surface area contributed by atoms with Gasteiger partial charge in [0.1, 0.15) is 6.54 Å². The number of furan rings is 1. The van der Waals surface area contributed by atoms with Crippen LogP contribution in [0.5, 0.6) is 0 Å². The third-order valence-corrected chi connectivity index (χ3v) is 2.93. The number of rotatable bonds is 4. The normalized spacial score (nSPS) is 12.7. The summed E-state index contributed by atoms with van der Waals surface area (Å²) in [5.41, 5.74) is 0.853. The molecule has 0 bridgehead atoms. The first-order chi connectivity index (χ1) is 9.22. The van der Waals surface area contributed by atoms with Crippen molar-refractivity contribution in [3.63, 3.8) is 0 Å². The second-order valence-electron chi connectivity index (χ2n) is 3.94. The molecule has 8 heteroatoms. The summed E-state index contributed by atoms with van der Waals surface area (Å²) in [7, 11) is 0. The van der Waals surface area contributed by atoms with E-state index < -0.39 is 0 Å². The minimum Gasteiger partial charge on any atom is -0.459 e. The minimum absolute atomic E-state index is 0.155. The van der Waals surface area contributed by atoms with Gasteiger partial charge >= 0.3 is 0 Å². The van der Waals surface area contributed by atoms with Crippen molar-refractivity contribution < 1.29 is 8.83 Å².